The molecule has 180 valence electrons. The van der Waals surface area contributed by atoms with Crippen molar-refractivity contribution in [2.45, 2.75) is 51.4 Å². The Balaban J connectivity index is 1.92. The number of nitriles is 1. The average Bonchev–Trinajstić information content (AvgIpc) is 3.37. The van der Waals surface area contributed by atoms with Crippen LogP contribution in [0.5, 0.6) is 0 Å². The van der Waals surface area contributed by atoms with Gasteiger partial charge in [-0.15, -0.1) is 0 Å². The third kappa shape index (κ3) is 3.31. The lowest BCUT2D eigenvalue weighted by Gasteiger charge is -2.43. The van der Waals surface area contributed by atoms with Crippen LogP contribution < -0.4 is 0 Å². The number of H-pyrrole nitrogens is 1. The van der Waals surface area contributed by atoms with Gasteiger partial charge >= 0.3 is 5.97 Å². The highest BCUT2D eigenvalue weighted by Gasteiger charge is 2.50. The summed E-state index contributed by atoms with van der Waals surface area (Å²) < 4.78 is 45.9. The number of halogens is 3. The smallest absolute Gasteiger partial charge is 0.309 e. The maximum atomic E-state index is 16.1. The maximum absolute atomic E-state index is 16.1. The van der Waals surface area contributed by atoms with Gasteiger partial charge in [-0.2, -0.15) is 10.4 Å². The SMILES string of the molecule is CC1(C(=O)O)CC(c2c(C(C)(C)CC#N)n(-c3ccc(F)c(F)c3)c3cc4cn[nH]c4c(F)c23)C1. The van der Waals surface area contributed by atoms with E-state index >= 15 is 4.39 Å². The summed E-state index contributed by atoms with van der Waals surface area (Å²) in [4.78, 5) is 11.8. The van der Waals surface area contributed by atoms with Gasteiger partial charge in [-0.05, 0) is 49.4 Å². The Kier molecular flexibility index (Phi) is 4.99. The molecule has 0 atom stereocenters. The Morgan fingerprint density at radius 1 is 1.29 bits per heavy atom. The Hall–Kier alpha value is -3.80. The second-order valence-electron chi connectivity index (χ2n) is 10.3. The van der Waals surface area contributed by atoms with Gasteiger partial charge in [0.05, 0.1) is 23.2 Å². The van der Waals surface area contributed by atoms with Crippen molar-refractivity contribution in [2.75, 3.05) is 0 Å². The molecule has 0 aliphatic heterocycles. The van der Waals surface area contributed by atoms with E-state index in [2.05, 4.69) is 16.3 Å². The lowest BCUT2D eigenvalue weighted by atomic mass is 9.59. The molecule has 0 unspecified atom stereocenters. The number of aliphatic carboxylic acids is 1. The lowest BCUT2D eigenvalue weighted by Crippen LogP contribution is -2.41. The minimum absolute atomic E-state index is 0.0734. The summed E-state index contributed by atoms with van der Waals surface area (Å²) in [7, 11) is 0. The number of carbonyl (C=O) groups is 1. The van der Waals surface area contributed by atoms with Crippen LogP contribution >= 0.6 is 0 Å². The van der Waals surface area contributed by atoms with E-state index in [0.29, 0.717) is 22.2 Å². The van der Waals surface area contributed by atoms with Crippen molar-refractivity contribution in [3.05, 3.63) is 59.2 Å². The number of benzene rings is 2. The molecule has 0 bridgehead atoms. The van der Waals surface area contributed by atoms with Crippen LogP contribution in [0.25, 0.3) is 27.5 Å². The van der Waals surface area contributed by atoms with Crippen molar-refractivity contribution in [1.29, 1.82) is 5.26 Å². The fourth-order valence-electron chi connectivity index (χ4n) is 5.47. The molecule has 9 heteroatoms. The molecule has 2 aromatic carbocycles. The van der Waals surface area contributed by atoms with Gasteiger partial charge in [0.15, 0.2) is 17.5 Å². The number of carboxylic acids is 1. The van der Waals surface area contributed by atoms with E-state index in [-0.39, 0.29) is 41.8 Å². The highest BCUT2D eigenvalue weighted by atomic mass is 19.2. The van der Waals surface area contributed by atoms with Gasteiger partial charge in [-0.25, -0.2) is 13.2 Å². The molecule has 4 aromatic rings. The Morgan fingerprint density at radius 2 is 2.00 bits per heavy atom. The molecular weight excluding hydrogens is 457 g/mol. The first-order chi connectivity index (χ1) is 16.5. The minimum atomic E-state index is -1.05. The molecule has 1 saturated carbocycles. The van der Waals surface area contributed by atoms with Crippen LogP contribution in [0, 0.1) is 34.2 Å². The van der Waals surface area contributed by atoms with Crippen molar-refractivity contribution in [3.63, 3.8) is 0 Å². The van der Waals surface area contributed by atoms with Crippen LogP contribution in [0.2, 0.25) is 0 Å². The van der Waals surface area contributed by atoms with Crippen molar-refractivity contribution in [2.24, 2.45) is 5.41 Å². The van der Waals surface area contributed by atoms with E-state index in [4.69, 9.17) is 0 Å². The lowest BCUT2D eigenvalue weighted by molar-refractivity contribution is -0.154. The quantitative estimate of drug-likeness (QED) is 0.362. The number of aromatic nitrogens is 3. The summed E-state index contributed by atoms with van der Waals surface area (Å²) in [6, 6.07) is 7.37. The summed E-state index contributed by atoms with van der Waals surface area (Å²) in [5.41, 5.74) is 0.306. The van der Waals surface area contributed by atoms with Crippen LogP contribution in [0.1, 0.15) is 57.2 Å². The van der Waals surface area contributed by atoms with Crippen LogP contribution in [0.3, 0.4) is 0 Å². The Morgan fingerprint density at radius 3 is 2.63 bits per heavy atom. The second kappa shape index (κ2) is 7.60. The third-order valence-electron chi connectivity index (χ3n) is 7.29. The molecule has 0 amide bonds. The van der Waals surface area contributed by atoms with E-state index in [1.165, 1.54) is 12.3 Å². The molecule has 0 saturated heterocycles. The van der Waals surface area contributed by atoms with Gasteiger partial charge in [0, 0.05) is 40.1 Å². The fourth-order valence-corrected chi connectivity index (χ4v) is 5.47. The molecule has 1 aliphatic rings. The predicted molar refractivity (Wildman–Crippen MR) is 124 cm³/mol. The van der Waals surface area contributed by atoms with Gasteiger partial charge < -0.3 is 9.67 Å². The fraction of sp³-hybridized carbons (Fsp3) is 0.346. The predicted octanol–water partition coefficient (Wildman–Crippen LogP) is 6.08. The highest BCUT2D eigenvalue weighted by molar-refractivity contribution is 6.00. The minimum Gasteiger partial charge on any atom is -0.481 e. The normalized spacial score (nSPS) is 20.2. The molecule has 6 nitrogen and oxygen atoms in total. The zero-order valence-corrected chi connectivity index (χ0v) is 19.4. The van der Waals surface area contributed by atoms with E-state index in [9.17, 15) is 23.9 Å². The molecule has 5 rings (SSSR count). The van der Waals surface area contributed by atoms with Crippen LogP contribution in [0.4, 0.5) is 13.2 Å². The summed E-state index contributed by atoms with van der Waals surface area (Å²) in [5, 5.41) is 26.6. The van der Waals surface area contributed by atoms with Gasteiger partial charge in [-0.3, -0.25) is 9.89 Å². The van der Waals surface area contributed by atoms with E-state index in [1.807, 2.05) is 13.8 Å². The standard InChI is InChI=1S/C26H23F3N4O2/c1-25(2,6-7-30)23-19(14-10-26(3,11-14)24(34)35)20-18(8-13-12-31-32-22(13)21(20)29)33(23)15-4-5-16(27)17(28)9-15/h4-5,8-9,12,14H,6,10-11H2,1-3H3,(H,31,32)(H,34,35). The average molecular weight is 480 g/mol. The Labute approximate surface area is 199 Å². The summed E-state index contributed by atoms with van der Waals surface area (Å²) in [6.07, 6.45) is 2.12. The van der Waals surface area contributed by atoms with Crippen LogP contribution in [-0.2, 0) is 10.2 Å². The number of aromatic amines is 1. The third-order valence-corrected chi connectivity index (χ3v) is 7.29. The first-order valence-corrected chi connectivity index (χ1v) is 11.2. The molecule has 1 fully saturated rings. The van der Waals surface area contributed by atoms with Crippen molar-refractivity contribution < 1.29 is 23.1 Å². The number of hydrogen-bond acceptors (Lipinski definition) is 3. The highest BCUT2D eigenvalue weighted by Crippen LogP contribution is 2.56. The molecule has 2 aromatic heterocycles. The van der Waals surface area contributed by atoms with E-state index in [1.54, 1.807) is 17.6 Å². The number of fused-ring (bicyclic) bond motifs is 2. The van der Waals surface area contributed by atoms with Crippen molar-refractivity contribution in [3.8, 4) is 11.8 Å². The molecule has 2 N–H and O–H groups in total. The molecular formula is C26H23F3N4O2. The van der Waals surface area contributed by atoms with Crippen molar-refractivity contribution in [1.82, 2.24) is 14.8 Å². The maximum Gasteiger partial charge on any atom is 0.309 e. The number of hydrogen-bond donors (Lipinski definition) is 2. The van der Waals surface area contributed by atoms with E-state index in [0.717, 1.165) is 12.1 Å². The monoisotopic (exact) mass is 480 g/mol. The molecule has 0 radical (unpaired) electrons. The number of nitrogens with zero attached hydrogens (tertiary/aromatic N) is 3. The summed E-state index contributed by atoms with van der Waals surface area (Å²) in [5.74, 6) is -3.84. The van der Waals surface area contributed by atoms with Gasteiger partial charge in [0.25, 0.3) is 0 Å². The second-order valence-corrected chi connectivity index (χ2v) is 10.3. The van der Waals surface area contributed by atoms with Gasteiger partial charge in [0.1, 0.15) is 5.52 Å². The first-order valence-electron chi connectivity index (χ1n) is 11.2. The first kappa shape index (κ1) is 23.0. The van der Waals surface area contributed by atoms with Crippen molar-refractivity contribution >= 4 is 27.8 Å². The molecule has 2 heterocycles. The number of nitrogens with one attached hydrogen (secondary N) is 1. The molecule has 35 heavy (non-hydrogen) atoms. The number of rotatable bonds is 5. The van der Waals surface area contributed by atoms with Crippen LogP contribution in [0.15, 0.2) is 30.5 Å². The Bertz CT molecular complexity index is 1550. The topological polar surface area (TPSA) is 94.7 Å². The van der Waals surface area contributed by atoms with Gasteiger partial charge in [-0.1, -0.05) is 13.8 Å². The zero-order chi connectivity index (χ0) is 25.3. The number of carboxylic acid groups (broad SMARTS) is 1. The largest absolute Gasteiger partial charge is 0.481 e. The van der Waals surface area contributed by atoms with Crippen LogP contribution in [-0.4, -0.2) is 25.8 Å². The zero-order valence-electron chi connectivity index (χ0n) is 19.4. The van der Waals surface area contributed by atoms with E-state index < -0.39 is 34.3 Å². The molecule has 1 aliphatic carbocycles. The summed E-state index contributed by atoms with van der Waals surface area (Å²) in [6.45, 7) is 5.33. The summed E-state index contributed by atoms with van der Waals surface area (Å²) >= 11 is 0. The van der Waals surface area contributed by atoms with Gasteiger partial charge in [0.2, 0.25) is 0 Å². The molecule has 0 spiro atoms.